The second-order valence-corrected chi connectivity index (χ2v) is 6.93. The lowest BCUT2D eigenvalue weighted by Gasteiger charge is -2.46. The summed E-state index contributed by atoms with van der Waals surface area (Å²) < 4.78 is 0. The summed E-state index contributed by atoms with van der Waals surface area (Å²) in [6.07, 6.45) is 10.4. The summed E-state index contributed by atoms with van der Waals surface area (Å²) in [6, 6.07) is 0. The normalized spacial score (nSPS) is 45.4. The maximum atomic E-state index is 2.62. The lowest BCUT2D eigenvalue weighted by atomic mass is 9.59. The molecule has 0 bridgehead atoms. The van der Waals surface area contributed by atoms with Crippen LogP contribution < -0.4 is 0 Å². The van der Waals surface area contributed by atoms with Crippen LogP contribution in [-0.2, 0) is 0 Å². The van der Waals surface area contributed by atoms with Crippen molar-refractivity contribution in [1.29, 1.82) is 0 Å². The lowest BCUT2D eigenvalue weighted by Crippen LogP contribution is -2.38. The zero-order valence-electron chi connectivity index (χ0n) is 11.8. The molecule has 0 radical (unpaired) electrons. The van der Waals surface area contributed by atoms with E-state index in [1.54, 1.807) is 0 Å². The molecule has 0 N–H and O–H groups in total. The second-order valence-electron chi connectivity index (χ2n) is 6.93. The van der Waals surface area contributed by atoms with Crippen molar-refractivity contribution in [3.8, 4) is 0 Å². The van der Waals surface area contributed by atoms with Crippen molar-refractivity contribution in [3.63, 3.8) is 0 Å². The largest absolute Gasteiger partial charge is 0.0654 e. The van der Waals surface area contributed by atoms with Crippen LogP contribution in [0.2, 0.25) is 0 Å². The van der Waals surface area contributed by atoms with Gasteiger partial charge in [0.05, 0.1) is 0 Å². The summed E-state index contributed by atoms with van der Waals surface area (Å²) >= 11 is 0. The minimum Gasteiger partial charge on any atom is -0.0654 e. The lowest BCUT2D eigenvalue weighted by molar-refractivity contribution is 0.0351. The molecule has 2 aliphatic rings. The van der Waals surface area contributed by atoms with Crippen LogP contribution in [-0.4, -0.2) is 0 Å². The van der Waals surface area contributed by atoms with E-state index in [1.165, 1.54) is 44.9 Å². The topological polar surface area (TPSA) is 0 Å². The summed E-state index contributed by atoms with van der Waals surface area (Å²) in [6.45, 7) is 9.99. The molecule has 16 heavy (non-hydrogen) atoms. The maximum absolute atomic E-state index is 2.62. The molecule has 0 aromatic heterocycles. The fourth-order valence-corrected chi connectivity index (χ4v) is 5.20. The molecule has 0 aromatic carbocycles. The Labute approximate surface area is 102 Å². The molecule has 2 rings (SSSR count). The molecule has 0 saturated heterocycles. The van der Waals surface area contributed by atoms with E-state index in [1.807, 2.05) is 0 Å². The minimum absolute atomic E-state index is 0.701. The maximum Gasteiger partial charge on any atom is -0.0264 e. The molecule has 0 heteroatoms. The van der Waals surface area contributed by atoms with Crippen molar-refractivity contribution >= 4 is 0 Å². The van der Waals surface area contributed by atoms with Gasteiger partial charge in [-0.05, 0) is 48.3 Å². The Morgan fingerprint density at radius 3 is 2.69 bits per heavy atom. The average molecular weight is 222 g/mol. The summed E-state index contributed by atoms with van der Waals surface area (Å²) in [5, 5.41) is 0. The first kappa shape index (κ1) is 12.5. The zero-order valence-corrected chi connectivity index (χ0v) is 11.8. The first-order valence-corrected chi connectivity index (χ1v) is 7.59. The van der Waals surface area contributed by atoms with Gasteiger partial charge in [0, 0.05) is 0 Å². The minimum atomic E-state index is 0.701. The number of fused-ring (bicyclic) bond motifs is 1. The molecule has 2 aliphatic carbocycles. The van der Waals surface area contributed by atoms with E-state index in [9.17, 15) is 0 Å². The molecule has 0 spiro atoms. The summed E-state index contributed by atoms with van der Waals surface area (Å²) in [5.74, 6) is 4.04. The Kier molecular flexibility index (Phi) is 3.66. The summed E-state index contributed by atoms with van der Waals surface area (Å²) in [7, 11) is 0. The van der Waals surface area contributed by atoms with E-state index in [0.717, 1.165) is 23.7 Å². The molecule has 2 saturated carbocycles. The quantitative estimate of drug-likeness (QED) is 0.610. The first-order chi connectivity index (χ1) is 7.59. The van der Waals surface area contributed by atoms with Crippen LogP contribution in [0.3, 0.4) is 0 Å². The highest BCUT2D eigenvalue weighted by Gasteiger charge is 2.50. The first-order valence-electron chi connectivity index (χ1n) is 7.59. The Balaban J connectivity index is 2.11. The van der Waals surface area contributed by atoms with E-state index in [2.05, 4.69) is 27.7 Å². The smallest absolute Gasteiger partial charge is 0.0264 e. The highest BCUT2D eigenvalue weighted by molar-refractivity contribution is 5.00. The van der Waals surface area contributed by atoms with Gasteiger partial charge in [0.15, 0.2) is 0 Å². The van der Waals surface area contributed by atoms with Crippen LogP contribution in [0.1, 0.15) is 72.6 Å². The SMILES string of the molecule is CCC[C@H](C)C1CCC2C(C)CCC[C@@]21C. The van der Waals surface area contributed by atoms with Crippen molar-refractivity contribution in [2.24, 2.45) is 29.1 Å². The molecular formula is C16H30. The molecule has 94 valence electrons. The summed E-state index contributed by atoms with van der Waals surface area (Å²) in [5.41, 5.74) is 0.701. The summed E-state index contributed by atoms with van der Waals surface area (Å²) in [4.78, 5) is 0. The molecular weight excluding hydrogens is 192 g/mol. The van der Waals surface area contributed by atoms with E-state index in [0.29, 0.717) is 5.41 Å². The third-order valence-electron chi connectivity index (χ3n) is 5.98. The Morgan fingerprint density at radius 1 is 1.25 bits per heavy atom. The number of hydrogen-bond acceptors (Lipinski definition) is 0. The van der Waals surface area contributed by atoms with Crippen LogP contribution in [0.15, 0.2) is 0 Å². The van der Waals surface area contributed by atoms with Gasteiger partial charge in [0.25, 0.3) is 0 Å². The van der Waals surface area contributed by atoms with Crippen LogP contribution >= 0.6 is 0 Å². The number of rotatable bonds is 3. The third-order valence-corrected chi connectivity index (χ3v) is 5.98. The van der Waals surface area contributed by atoms with Gasteiger partial charge in [0.2, 0.25) is 0 Å². The van der Waals surface area contributed by atoms with Crippen molar-refractivity contribution < 1.29 is 0 Å². The van der Waals surface area contributed by atoms with Crippen LogP contribution in [0, 0.1) is 29.1 Å². The van der Waals surface area contributed by atoms with Gasteiger partial charge in [-0.3, -0.25) is 0 Å². The van der Waals surface area contributed by atoms with Gasteiger partial charge in [-0.2, -0.15) is 0 Å². The third kappa shape index (κ3) is 1.93. The average Bonchev–Trinajstić information content (AvgIpc) is 2.57. The van der Waals surface area contributed by atoms with Gasteiger partial charge in [-0.25, -0.2) is 0 Å². The van der Waals surface area contributed by atoms with Crippen LogP contribution in [0.25, 0.3) is 0 Å². The molecule has 0 aliphatic heterocycles. The standard InChI is InChI=1S/C16H30/c1-5-7-12(2)14-9-10-15-13(3)8-6-11-16(14,15)4/h12-15H,5-11H2,1-4H3/t12-,13?,14?,15?,16+/m0/s1. The highest BCUT2D eigenvalue weighted by Crippen LogP contribution is 2.59. The Bertz CT molecular complexity index is 232. The highest BCUT2D eigenvalue weighted by atomic mass is 14.6. The van der Waals surface area contributed by atoms with Gasteiger partial charge >= 0.3 is 0 Å². The van der Waals surface area contributed by atoms with E-state index >= 15 is 0 Å². The molecule has 3 unspecified atom stereocenters. The predicted octanol–water partition coefficient (Wildman–Crippen LogP) is 5.28. The number of hydrogen-bond donors (Lipinski definition) is 0. The van der Waals surface area contributed by atoms with Crippen LogP contribution in [0.4, 0.5) is 0 Å². The van der Waals surface area contributed by atoms with Gasteiger partial charge < -0.3 is 0 Å². The van der Waals surface area contributed by atoms with Crippen molar-refractivity contribution in [2.45, 2.75) is 72.6 Å². The second kappa shape index (κ2) is 4.70. The monoisotopic (exact) mass is 222 g/mol. The molecule has 0 aromatic rings. The Morgan fingerprint density at radius 2 is 2.00 bits per heavy atom. The van der Waals surface area contributed by atoms with Gasteiger partial charge in [-0.1, -0.05) is 53.4 Å². The van der Waals surface area contributed by atoms with Gasteiger partial charge in [0.1, 0.15) is 0 Å². The molecule has 0 amide bonds. The molecule has 0 heterocycles. The Hall–Kier alpha value is 0. The van der Waals surface area contributed by atoms with Crippen LogP contribution in [0.5, 0.6) is 0 Å². The fourth-order valence-electron chi connectivity index (χ4n) is 5.20. The van der Waals surface area contributed by atoms with Crippen molar-refractivity contribution in [3.05, 3.63) is 0 Å². The molecule has 2 fully saturated rings. The van der Waals surface area contributed by atoms with E-state index in [-0.39, 0.29) is 0 Å². The molecule has 0 nitrogen and oxygen atoms in total. The van der Waals surface area contributed by atoms with Crippen molar-refractivity contribution in [1.82, 2.24) is 0 Å². The van der Waals surface area contributed by atoms with Gasteiger partial charge in [-0.15, -0.1) is 0 Å². The van der Waals surface area contributed by atoms with E-state index in [4.69, 9.17) is 0 Å². The fraction of sp³-hybridized carbons (Fsp3) is 1.00. The predicted molar refractivity (Wildman–Crippen MR) is 71.4 cm³/mol. The van der Waals surface area contributed by atoms with Crippen molar-refractivity contribution in [2.75, 3.05) is 0 Å². The zero-order chi connectivity index (χ0) is 11.8. The van der Waals surface area contributed by atoms with E-state index < -0.39 is 0 Å². The molecule has 5 atom stereocenters.